The van der Waals surface area contributed by atoms with Crippen LogP contribution in [0.1, 0.15) is 0 Å². The molecule has 3 nitrogen and oxygen atoms in total. The van der Waals surface area contributed by atoms with Crippen molar-refractivity contribution in [3.8, 4) is 0 Å². The molecule has 0 amide bonds. The van der Waals surface area contributed by atoms with E-state index in [1.165, 1.54) is 0 Å². The first-order valence-corrected chi connectivity index (χ1v) is 0.591. The third-order valence-electron chi connectivity index (χ3n) is 0.0373. The van der Waals surface area contributed by atoms with Crippen LogP contribution in [0, 0.1) is 0 Å². The zero-order valence-electron chi connectivity index (χ0n) is 4.08. The average Bonchev–Trinajstić information content (AvgIpc) is 1.37. The first-order valence-electron chi connectivity index (χ1n) is 0.591. The maximum atomic E-state index is 8.58. The van der Waals surface area contributed by atoms with Crippen LogP contribution in [0.3, 0.4) is 0 Å². The molecule has 36 valence electrons. The van der Waals surface area contributed by atoms with E-state index in [1.54, 1.807) is 0 Å². The van der Waals surface area contributed by atoms with E-state index in [4.69, 9.17) is 10.1 Å². The molecule has 0 bridgehead atoms. The molecule has 0 atom stereocenters. The van der Waals surface area contributed by atoms with E-state index in [-0.39, 0.29) is 79.5 Å². The van der Waals surface area contributed by atoms with Crippen LogP contribution in [0.2, 0.25) is 0 Å². The predicted molar refractivity (Wildman–Crippen MR) is 20.9 cm³/mol. The summed E-state index contributed by atoms with van der Waals surface area (Å²) >= 11 is 0. The average molecular weight is 213 g/mol. The van der Waals surface area contributed by atoms with Crippen LogP contribution in [0.15, 0.2) is 0 Å². The molecule has 0 aliphatic heterocycles. The van der Waals surface area contributed by atoms with Gasteiger partial charge in [-0.15, -0.1) is 0 Å². The Kier molecular flexibility index (Phi) is 79.7. The summed E-state index contributed by atoms with van der Waals surface area (Å²) in [6.07, 6.45) is 0. The van der Waals surface area contributed by atoms with Crippen molar-refractivity contribution in [2.75, 3.05) is 0 Å². The van der Waals surface area contributed by atoms with Crippen molar-refractivity contribution in [1.29, 1.82) is 0 Å². The molecule has 7 heavy (non-hydrogen) atoms. The monoisotopic (exact) mass is 213 g/mol. The van der Waals surface area contributed by atoms with Crippen LogP contribution in [-0.4, -0.2) is 70.8 Å². The molecule has 0 heterocycles. The van der Waals surface area contributed by atoms with Gasteiger partial charge < -0.3 is 9.68 Å². The number of carbonyl (C=O) groups excluding carboxylic acids is 1. The van der Waals surface area contributed by atoms with Crippen molar-refractivity contribution < 1.29 is 35.4 Å². The Hall–Kier alpha value is 2.09. The molecule has 0 saturated carbocycles. The van der Waals surface area contributed by atoms with Crippen molar-refractivity contribution in [1.82, 2.24) is 0 Å². The van der Waals surface area contributed by atoms with E-state index in [0.717, 1.165) is 6.47 Å². The maximum Gasteiger partial charge on any atom is 0 e. The van der Waals surface area contributed by atoms with Crippen LogP contribution in [0.25, 0.3) is 0 Å². The fraction of sp³-hybridized carbons (Fsp3) is 0. The minimum atomic E-state index is 0. The SMILES string of the molecule is O=[C-]OO.[Na].[Na].[Pd]. The minimum Gasteiger partial charge on any atom is -0.509 e. The van der Waals surface area contributed by atoms with Gasteiger partial charge in [0.05, 0.1) is 0 Å². The van der Waals surface area contributed by atoms with Gasteiger partial charge in [0.2, 0.25) is 0 Å². The molecule has 0 aliphatic carbocycles. The predicted octanol–water partition coefficient (Wildman–Crippen LogP) is -1.22. The van der Waals surface area contributed by atoms with Crippen molar-refractivity contribution in [2.45, 2.75) is 0 Å². The molecule has 2 radical (unpaired) electrons. The third-order valence-corrected chi connectivity index (χ3v) is 0.0373. The molecule has 0 fully saturated rings. The molecule has 0 spiro atoms. The van der Waals surface area contributed by atoms with Gasteiger partial charge in [0.15, 0.2) is 0 Å². The second kappa shape index (κ2) is 24.3. The van der Waals surface area contributed by atoms with Gasteiger partial charge in [0.25, 0.3) is 0 Å². The zero-order valence-corrected chi connectivity index (χ0v) is 9.63. The number of hydrogen-bond acceptors (Lipinski definition) is 3. The molecule has 0 rings (SSSR count). The molecule has 6 heteroatoms. The van der Waals surface area contributed by atoms with Gasteiger partial charge in [0.1, 0.15) is 0 Å². The summed E-state index contributed by atoms with van der Waals surface area (Å²) in [5.41, 5.74) is 0. The van der Waals surface area contributed by atoms with E-state index < -0.39 is 0 Å². The summed E-state index contributed by atoms with van der Waals surface area (Å²) in [6.45, 7) is 0.736. The van der Waals surface area contributed by atoms with Gasteiger partial charge in [-0.05, 0) is 6.47 Å². The van der Waals surface area contributed by atoms with E-state index in [2.05, 4.69) is 4.89 Å². The quantitative estimate of drug-likeness (QED) is 0.257. The smallest absolute Gasteiger partial charge is 0 e. The van der Waals surface area contributed by atoms with Gasteiger partial charge in [-0.1, -0.05) is 0 Å². The number of rotatable bonds is 1. The third kappa shape index (κ3) is 31.4. The van der Waals surface area contributed by atoms with E-state index in [0.29, 0.717) is 0 Å². The van der Waals surface area contributed by atoms with Crippen molar-refractivity contribution in [3.05, 3.63) is 0 Å². The Labute approximate surface area is 99.3 Å². The summed E-state index contributed by atoms with van der Waals surface area (Å²) in [5.74, 6) is 0. The normalized spacial score (nSPS) is 3.00. The standard InChI is InChI=1S/CHO3.2Na.Pd/c2-1-4-3;;;/h3H;;;/q-1;;;. The largest absolute Gasteiger partial charge is 0.509 e. The Morgan fingerprint density at radius 2 is 1.57 bits per heavy atom. The minimum absolute atomic E-state index is 0. The molecular weight excluding hydrogens is 212 g/mol. The second-order valence-corrected chi connectivity index (χ2v) is 0.175. The molecule has 0 aromatic rings. The topological polar surface area (TPSA) is 46.5 Å². The van der Waals surface area contributed by atoms with Crippen molar-refractivity contribution in [2.24, 2.45) is 0 Å². The van der Waals surface area contributed by atoms with Crippen LogP contribution in [0.4, 0.5) is 0 Å². The molecular formula is CHNa2O3Pd-. The van der Waals surface area contributed by atoms with Gasteiger partial charge in [-0.2, -0.15) is 0 Å². The van der Waals surface area contributed by atoms with Gasteiger partial charge in [0, 0.05) is 79.5 Å². The van der Waals surface area contributed by atoms with E-state index in [9.17, 15) is 0 Å². The molecule has 0 saturated heterocycles. The fourth-order valence-electron chi connectivity index (χ4n) is 0. The summed E-state index contributed by atoms with van der Waals surface area (Å²) in [7, 11) is 0. The van der Waals surface area contributed by atoms with Gasteiger partial charge in [-0.25, -0.2) is 5.26 Å². The Bertz CT molecular complexity index is 26.9. The van der Waals surface area contributed by atoms with E-state index in [1.807, 2.05) is 0 Å². The fourth-order valence-corrected chi connectivity index (χ4v) is 0. The van der Waals surface area contributed by atoms with Crippen LogP contribution >= 0.6 is 0 Å². The first kappa shape index (κ1) is 23.0. The molecule has 0 aromatic heterocycles. The first-order chi connectivity index (χ1) is 1.91. The molecule has 0 unspecified atom stereocenters. The van der Waals surface area contributed by atoms with Crippen molar-refractivity contribution in [3.63, 3.8) is 0 Å². The van der Waals surface area contributed by atoms with Gasteiger partial charge >= 0.3 is 0 Å². The van der Waals surface area contributed by atoms with Crippen LogP contribution in [-0.2, 0) is 30.1 Å². The second-order valence-electron chi connectivity index (χ2n) is 0.175. The Balaban J connectivity index is -0.0000000150. The van der Waals surface area contributed by atoms with Crippen LogP contribution < -0.4 is 0 Å². The Morgan fingerprint density at radius 1 is 1.43 bits per heavy atom. The molecule has 0 aromatic carbocycles. The summed E-state index contributed by atoms with van der Waals surface area (Å²) < 4.78 is 0. The van der Waals surface area contributed by atoms with E-state index >= 15 is 0 Å². The molecule has 1 N–H and O–H groups in total. The summed E-state index contributed by atoms with van der Waals surface area (Å²) in [5, 5.41) is 6.95. The van der Waals surface area contributed by atoms with Gasteiger partial charge in [-0.3, -0.25) is 0 Å². The van der Waals surface area contributed by atoms with Crippen LogP contribution in [0.5, 0.6) is 0 Å². The summed E-state index contributed by atoms with van der Waals surface area (Å²) in [6, 6.07) is 0. The Morgan fingerprint density at radius 3 is 1.57 bits per heavy atom. The maximum absolute atomic E-state index is 8.58. The molecule has 0 aliphatic rings. The number of hydrogen-bond donors (Lipinski definition) is 1. The van der Waals surface area contributed by atoms with Crippen molar-refractivity contribution >= 4 is 65.6 Å². The summed E-state index contributed by atoms with van der Waals surface area (Å²) in [4.78, 5) is 11.3. The zero-order chi connectivity index (χ0) is 3.41.